The zero-order chi connectivity index (χ0) is 25.1. The van der Waals surface area contributed by atoms with Gasteiger partial charge in [-0.3, -0.25) is 13.6 Å². The van der Waals surface area contributed by atoms with Crippen LogP contribution in [0.5, 0.6) is 0 Å². The van der Waals surface area contributed by atoms with Crippen LogP contribution >= 0.6 is 15.6 Å². The lowest BCUT2D eigenvalue weighted by atomic mass is 9.93. The van der Waals surface area contributed by atoms with Crippen molar-refractivity contribution in [2.24, 2.45) is 5.41 Å². The number of aliphatic hydroxyl groups excluding tert-OH is 3. The van der Waals surface area contributed by atoms with Gasteiger partial charge < -0.3 is 20.2 Å². The van der Waals surface area contributed by atoms with E-state index in [4.69, 9.17) is 17.9 Å². The second-order valence-corrected chi connectivity index (χ2v) is 11.7. The first-order valence-electron chi connectivity index (χ1n) is 12.1. The van der Waals surface area contributed by atoms with Gasteiger partial charge in [0, 0.05) is 0 Å². The zero-order valence-corrected chi connectivity index (χ0v) is 22.1. The molecule has 0 fully saturated rings. The van der Waals surface area contributed by atoms with Crippen molar-refractivity contribution >= 4 is 15.6 Å². The molecule has 0 bridgehead atoms. The topological polar surface area (TPSA) is 152 Å². The first-order valence-corrected chi connectivity index (χ1v) is 15.1. The molecule has 0 saturated heterocycles. The highest BCUT2D eigenvalue weighted by atomic mass is 31.3. The van der Waals surface area contributed by atoms with Gasteiger partial charge in [0.25, 0.3) is 0 Å². The van der Waals surface area contributed by atoms with Crippen molar-refractivity contribution in [3.63, 3.8) is 0 Å². The van der Waals surface area contributed by atoms with Crippen LogP contribution in [0.4, 0.5) is 0 Å². The van der Waals surface area contributed by atoms with E-state index in [9.17, 15) is 29.3 Å². The van der Waals surface area contributed by atoms with Crippen molar-refractivity contribution in [1.82, 2.24) is 0 Å². The Morgan fingerprint density at radius 3 is 1.42 bits per heavy atom. The van der Waals surface area contributed by atoms with Crippen LogP contribution in [0.15, 0.2) is 0 Å². The molecule has 0 rings (SSSR count). The predicted molar refractivity (Wildman–Crippen MR) is 127 cm³/mol. The van der Waals surface area contributed by atoms with E-state index in [2.05, 4.69) is 13.8 Å². The number of hydrogen-bond donors (Lipinski definition) is 4. The van der Waals surface area contributed by atoms with E-state index >= 15 is 0 Å². The van der Waals surface area contributed by atoms with Crippen molar-refractivity contribution in [3.8, 4) is 0 Å². The summed E-state index contributed by atoms with van der Waals surface area (Å²) in [5, 5.41) is 28.0. The molecule has 0 aliphatic rings. The van der Waals surface area contributed by atoms with E-state index in [1.807, 2.05) is 0 Å². The zero-order valence-electron chi connectivity index (χ0n) is 20.4. The number of unbranched alkanes of at least 4 members (excludes halogenated alkanes) is 10. The van der Waals surface area contributed by atoms with Crippen molar-refractivity contribution < 1.29 is 47.2 Å². The lowest BCUT2D eigenvalue weighted by Gasteiger charge is -2.28. The highest BCUT2D eigenvalue weighted by Crippen LogP contribution is 2.63. The van der Waals surface area contributed by atoms with Gasteiger partial charge in [-0.2, -0.15) is 4.31 Å². The normalized spacial score (nSPS) is 14.5. The Morgan fingerprint density at radius 1 is 0.636 bits per heavy atom. The fraction of sp³-hybridized carbons (Fsp3) is 1.00. The summed E-state index contributed by atoms with van der Waals surface area (Å²) in [6.07, 6.45) is 11.7. The molecule has 1 atom stereocenters. The molecule has 12 heteroatoms. The Labute approximate surface area is 199 Å². The van der Waals surface area contributed by atoms with Gasteiger partial charge in [0.05, 0.1) is 45.1 Å². The minimum Gasteiger partial charge on any atom is -0.396 e. The van der Waals surface area contributed by atoms with Crippen LogP contribution < -0.4 is 0 Å². The Hall–Kier alpha value is 0.140. The second kappa shape index (κ2) is 19.3. The summed E-state index contributed by atoms with van der Waals surface area (Å²) in [5.74, 6) is 0. The lowest BCUT2D eigenvalue weighted by molar-refractivity contribution is -0.0320. The predicted octanol–water partition coefficient (Wildman–Crippen LogP) is 4.95. The summed E-state index contributed by atoms with van der Waals surface area (Å²) in [5.41, 5.74) is -1.55. The molecule has 0 aromatic carbocycles. The first kappa shape index (κ1) is 33.1. The lowest BCUT2D eigenvalue weighted by Crippen LogP contribution is -2.38. The van der Waals surface area contributed by atoms with E-state index in [0.717, 1.165) is 64.2 Å². The van der Waals surface area contributed by atoms with E-state index in [1.54, 1.807) is 0 Å². The SMILES string of the molecule is CCCCCCCCOP(=O)(OCCCCCCCC)OP(=O)(O)OCC(CO)(CO)CO. The molecule has 4 N–H and O–H groups in total. The third kappa shape index (κ3) is 16.4. The highest BCUT2D eigenvalue weighted by molar-refractivity contribution is 7.61. The Kier molecular flexibility index (Phi) is 19.4. The average Bonchev–Trinajstić information content (AvgIpc) is 2.79. The minimum absolute atomic E-state index is 0.0355. The van der Waals surface area contributed by atoms with Gasteiger partial charge in [-0.05, 0) is 12.8 Å². The molecule has 0 aromatic heterocycles. The maximum Gasteiger partial charge on any atom is 0.483 e. The van der Waals surface area contributed by atoms with Gasteiger partial charge in [-0.15, -0.1) is 0 Å². The molecule has 1 unspecified atom stereocenters. The molecule has 0 amide bonds. The van der Waals surface area contributed by atoms with Crippen LogP contribution in [0.1, 0.15) is 90.9 Å². The quantitative estimate of drug-likeness (QED) is 0.102. The number of phosphoric acid groups is 2. The highest BCUT2D eigenvalue weighted by Gasteiger charge is 2.40. The largest absolute Gasteiger partial charge is 0.483 e. The Morgan fingerprint density at radius 2 is 1.03 bits per heavy atom. The molecule has 0 radical (unpaired) electrons. The van der Waals surface area contributed by atoms with Crippen LogP contribution in [0.3, 0.4) is 0 Å². The van der Waals surface area contributed by atoms with Crippen molar-refractivity contribution in [3.05, 3.63) is 0 Å². The molecule has 33 heavy (non-hydrogen) atoms. The molecule has 200 valence electrons. The van der Waals surface area contributed by atoms with Gasteiger partial charge in [0.2, 0.25) is 0 Å². The molecule has 0 heterocycles. The molecule has 0 aliphatic carbocycles. The summed E-state index contributed by atoms with van der Waals surface area (Å²) >= 11 is 0. The third-order valence-corrected chi connectivity index (χ3v) is 8.32. The molecular weight excluding hydrogens is 474 g/mol. The van der Waals surface area contributed by atoms with Crippen LogP contribution in [0.2, 0.25) is 0 Å². The molecule has 0 saturated carbocycles. The third-order valence-electron chi connectivity index (χ3n) is 5.24. The molecule has 10 nitrogen and oxygen atoms in total. The van der Waals surface area contributed by atoms with Gasteiger partial charge in [-0.1, -0.05) is 78.1 Å². The van der Waals surface area contributed by atoms with Crippen LogP contribution in [-0.2, 0) is 27.0 Å². The summed E-state index contributed by atoms with van der Waals surface area (Å²) in [6, 6.07) is 0. The fourth-order valence-electron chi connectivity index (χ4n) is 2.86. The number of rotatable bonds is 24. The molecule has 0 aromatic rings. The number of phosphoric ester groups is 2. The molecular formula is C21H46O10P2. The number of aliphatic hydroxyl groups is 3. The van der Waals surface area contributed by atoms with Crippen molar-refractivity contribution in [2.45, 2.75) is 90.9 Å². The second-order valence-electron chi connectivity index (χ2n) is 8.45. The van der Waals surface area contributed by atoms with Crippen LogP contribution in [-0.4, -0.2) is 59.9 Å². The van der Waals surface area contributed by atoms with Gasteiger partial charge in [0.1, 0.15) is 0 Å². The smallest absolute Gasteiger partial charge is 0.396 e. The van der Waals surface area contributed by atoms with E-state index in [1.165, 1.54) is 0 Å². The van der Waals surface area contributed by atoms with Crippen LogP contribution in [0, 0.1) is 5.41 Å². The average molecular weight is 521 g/mol. The molecule has 0 spiro atoms. The Balaban J connectivity index is 4.82. The minimum atomic E-state index is -4.94. The summed E-state index contributed by atoms with van der Waals surface area (Å²) < 4.78 is 45.5. The van der Waals surface area contributed by atoms with E-state index in [-0.39, 0.29) is 13.2 Å². The van der Waals surface area contributed by atoms with Crippen LogP contribution in [0.25, 0.3) is 0 Å². The standard InChI is InChI=1S/C21H46O10P2/c1-3-5-7-9-11-13-15-28-33(27,29-16-14-12-10-8-6-4-2)31-32(25,26)30-20-21(17-22,18-23)19-24/h22-24H,3-20H2,1-2H3,(H,25,26). The summed E-state index contributed by atoms with van der Waals surface area (Å²) in [7, 11) is -9.33. The maximum atomic E-state index is 13.0. The van der Waals surface area contributed by atoms with E-state index < -0.39 is 47.5 Å². The van der Waals surface area contributed by atoms with Gasteiger partial charge in [-0.25, -0.2) is 9.13 Å². The van der Waals surface area contributed by atoms with Gasteiger partial charge in [0.15, 0.2) is 0 Å². The first-order chi connectivity index (χ1) is 15.7. The molecule has 0 aliphatic heterocycles. The summed E-state index contributed by atoms with van der Waals surface area (Å²) in [6.45, 7) is 1.54. The monoisotopic (exact) mass is 520 g/mol. The van der Waals surface area contributed by atoms with E-state index in [0.29, 0.717) is 12.8 Å². The van der Waals surface area contributed by atoms with Crippen molar-refractivity contribution in [1.29, 1.82) is 0 Å². The van der Waals surface area contributed by atoms with Gasteiger partial charge >= 0.3 is 15.6 Å². The van der Waals surface area contributed by atoms with Crippen molar-refractivity contribution in [2.75, 3.05) is 39.6 Å². The maximum absolute atomic E-state index is 13.0. The number of hydrogen-bond acceptors (Lipinski definition) is 9. The summed E-state index contributed by atoms with van der Waals surface area (Å²) in [4.78, 5) is 10.0. The fourth-order valence-corrected chi connectivity index (χ4v) is 5.65. The Bertz CT molecular complexity index is 527.